The standard InChI is InChI=1S/C15H11BrN2O/c1-11-13(8-9-14(16)17-11)18-15(19)10-7-12-5-3-2-4-6-12/h2-6,8-9H,1H3,(H,18,19). The molecule has 0 radical (unpaired) electrons. The van der Waals surface area contributed by atoms with E-state index in [1.54, 1.807) is 12.1 Å². The summed E-state index contributed by atoms with van der Waals surface area (Å²) < 4.78 is 0.735. The maximum atomic E-state index is 11.7. The Morgan fingerprint density at radius 2 is 1.95 bits per heavy atom. The third-order valence-corrected chi connectivity index (χ3v) is 2.84. The van der Waals surface area contributed by atoms with E-state index in [0.717, 1.165) is 15.9 Å². The molecule has 1 amide bonds. The number of anilines is 1. The summed E-state index contributed by atoms with van der Waals surface area (Å²) in [6, 6.07) is 12.9. The van der Waals surface area contributed by atoms with Crippen molar-refractivity contribution < 1.29 is 4.79 Å². The molecule has 0 aliphatic rings. The summed E-state index contributed by atoms with van der Waals surface area (Å²) in [5.41, 5.74) is 2.21. The zero-order chi connectivity index (χ0) is 13.7. The molecule has 2 rings (SSSR count). The van der Waals surface area contributed by atoms with Crippen LogP contribution < -0.4 is 5.32 Å². The second-order valence-electron chi connectivity index (χ2n) is 3.84. The number of amides is 1. The fourth-order valence-electron chi connectivity index (χ4n) is 1.47. The third-order valence-electron chi connectivity index (χ3n) is 2.39. The lowest BCUT2D eigenvalue weighted by molar-refractivity contribution is -0.111. The smallest absolute Gasteiger partial charge is 0.300 e. The van der Waals surface area contributed by atoms with Crippen molar-refractivity contribution in [1.29, 1.82) is 0 Å². The zero-order valence-corrected chi connectivity index (χ0v) is 11.9. The van der Waals surface area contributed by atoms with E-state index in [4.69, 9.17) is 0 Å². The summed E-state index contributed by atoms with van der Waals surface area (Å²) in [5, 5.41) is 2.71. The number of pyridine rings is 1. The van der Waals surface area contributed by atoms with E-state index in [1.807, 2.05) is 37.3 Å². The molecule has 1 aromatic heterocycles. The molecule has 0 bridgehead atoms. The largest absolute Gasteiger partial charge is 0.313 e. The van der Waals surface area contributed by atoms with Gasteiger partial charge in [-0.1, -0.05) is 24.1 Å². The van der Waals surface area contributed by atoms with Crippen LogP contribution in [0.2, 0.25) is 0 Å². The Hall–Kier alpha value is -2.12. The number of hydrogen-bond acceptors (Lipinski definition) is 2. The number of rotatable bonds is 1. The lowest BCUT2D eigenvalue weighted by Gasteiger charge is -2.04. The molecule has 19 heavy (non-hydrogen) atoms. The average molecular weight is 315 g/mol. The van der Waals surface area contributed by atoms with E-state index >= 15 is 0 Å². The highest BCUT2D eigenvalue weighted by Gasteiger charge is 2.03. The van der Waals surface area contributed by atoms with Gasteiger partial charge in [0.25, 0.3) is 0 Å². The van der Waals surface area contributed by atoms with Crippen molar-refractivity contribution in [2.75, 3.05) is 5.32 Å². The number of benzene rings is 1. The normalized spacial score (nSPS) is 9.37. The number of carbonyl (C=O) groups is 1. The molecular formula is C15H11BrN2O. The van der Waals surface area contributed by atoms with Crippen LogP contribution in [0.1, 0.15) is 11.3 Å². The molecular weight excluding hydrogens is 304 g/mol. The van der Waals surface area contributed by atoms with E-state index in [2.05, 4.69) is 38.1 Å². The molecule has 0 saturated heterocycles. The summed E-state index contributed by atoms with van der Waals surface area (Å²) in [7, 11) is 0. The number of carbonyl (C=O) groups excluding carboxylic acids is 1. The third kappa shape index (κ3) is 3.94. The molecule has 0 saturated carbocycles. The van der Waals surface area contributed by atoms with Crippen LogP contribution >= 0.6 is 15.9 Å². The number of nitrogens with one attached hydrogen (secondary N) is 1. The molecule has 1 heterocycles. The number of halogens is 1. The lowest BCUT2D eigenvalue weighted by atomic mass is 10.2. The van der Waals surface area contributed by atoms with Crippen molar-refractivity contribution in [2.45, 2.75) is 6.92 Å². The van der Waals surface area contributed by atoms with Gasteiger partial charge in [0.15, 0.2) is 0 Å². The average Bonchev–Trinajstić information content (AvgIpc) is 2.41. The highest BCUT2D eigenvalue weighted by Crippen LogP contribution is 2.15. The number of nitrogens with zero attached hydrogens (tertiary/aromatic N) is 1. The molecule has 94 valence electrons. The van der Waals surface area contributed by atoms with Gasteiger partial charge in [-0.2, -0.15) is 0 Å². The quantitative estimate of drug-likeness (QED) is 0.649. The zero-order valence-electron chi connectivity index (χ0n) is 10.3. The van der Waals surface area contributed by atoms with Gasteiger partial charge in [0.1, 0.15) is 4.60 Å². The second-order valence-corrected chi connectivity index (χ2v) is 4.65. The van der Waals surface area contributed by atoms with Crippen molar-refractivity contribution in [3.05, 3.63) is 58.3 Å². The van der Waals surface area contributed by atoms with Gasteiger partial charge in [0.2, 0.25) is 0 Å². The Kier molecular flexibility index (Phi) is 4.32. The van der Waals surface area contributed by atoms with Gasteiger partial charge in [-0.05, 0) is 47.1 Å². The molecule has 0 aliphatic heterocycles. The maximum Gasteiger partial charge on any atom is 0.300 e. The van der Waals surface area contributed by atoms with Crippen LogP contribution in [-0.4, -0.2) is 10.9 Å². The van der Waals surface area contributed by atoms with Gasteiger partial charge in [0.05, 0.1) is 11.4 Å². The first-order valence-corrected chi connectivity index (χ1v) is 6.45. The van der Waals surface area contributed by atoms with Gasteiger partial charge in [-0.25, -0.2) is 4.98 Å². The van der Waals surface area contributed by atoms with Crippen LogP contribution in [0.4, 0.5) is 5.69 Å². The van der Waals surface area contributed by atoms with Gasteiger partial charge < -0.3 is 5.32 Å². The predicted octanol–water partition coefficient (Wildman–Crippen LogP) is 3.14. The fourth-order valence-corrected chi connectivity index (χ4v) is 1.86. The number of aryl methyl sites for hydroxylation is 1. The molecule has 0 fully saturated rings. The van der Waals surface area contributed by atoms with Crippen LogP contribution in [-0.2, 0) is 4.79 Å². The molecule has 3 nitrogen and oxygen atoms in total. The molecule has 0 unspecified atom stereocenters. The summed E-state index contributed by atoms with van der Waals surface area (Å²) in [6.07, 6.45) is 0. The van der Waals surface area contributed by atoms with Crippen LogP contribution in [0, 0.1) is 18.8 Å². The highest BCUT2D eigenvalue weighted by atomic mass is 79.9. The van der Waals surface area contributed by atoms with E-state index in [1.165, 1.54) is 0 Å². The molecule has 1 aromatic carbocycles. The number of aromatic nitrogens is 1. The maximum absolute atomic E-state index is 11.7. The molecule has 0 atom stereocenters. The highest BCUT2D eigenvalue weighted by molar-refractivity contribution is 9.10. The summed E-state index contributed by atoms with van der Waals surface area (Å²) in [6.45, 7) is 1.82. The molecule has 1 N–H and O–H groups in total. The van der Waals surface area contributed by atoms with Crippen molar-refractivity contribution in [1.82, 2.24) is 4.98 Å². The summed E-state index contributed by atoms with van der Waals surface area (Å²) >= 11 is 3.27. The number of hydrogen-bond donors (Lipinski definition) is 1. The molecule has 2 aromatic rings. The van der Waals surface area contributed by atoms with Crippen LogP contribution in [0.3, 0.4) is 0 Å². The Morgan fingerprint density at radius 1 is 1.21 bits per heavy atom. The first-order chi connectivity index (χ1) is 9.15. The predicted molar refractivity (Wildman–Crippen MR) is 78.6 cm³/mol. The minimum Gasteiger partial charge on any atom is -0.313 e. The van der Waals surface area contributed by atoms with Crippen molar-refractivity contribution in [2.24, 2.45) is 0 Å². The molecule has 0 aliphatic carbocycles. The topological polar surface area (TPSA) is 42.0 Å². The first-order valence-electron chi connectivity index (χ1n) is 5.66. The Bertz CT molecular complexity index is 657. The van der Waals surface area contributed by atoms with Crippen LogP contribution in [0.15, 0.2) is 47.1 Å². The summed E-state index contributed by atoms with van der Waals surface area (Å²) in [4.78, 5) is 15.9. The Labute approximate surface area is 120 Å². The van der Waals surface area contributed by atoms with Crippen LogP contribution in [0.25, 0.3) is 0 Å². The first kappa shape index (κ1) is 13.3. The van der Waals surface area contributed by atoms with Crippen molar-refractivity contribution in [3.63, 3.8) is 0 Å². The lowest BCUT2D eigenvalue weighted by Crippen LogP contribution is -2.10. The SMILES string of the molecule is Cc1nc(Br)ccc1NC(=O)C#Cc1ccccc1. The second kappa shape index (κ2) is 6.17. The Balaban J connectivity index is 2.08. The molecule has 0 spiro atoms. The fraction of sp³-hybridized carbons (Fsp3) is 0.0667. The molecule has 4 heteroatoms. The monoisotopic (exact) mass is 314 g/mol. The van der Waals surface area contributed by atoms with Gasteiger partial charge >= 0.3 is 5.91 Å². The summed E-state index contributed by atoms with van der Waals surface area (Å²) in [5.74, 6) is 5.00. The Morgan fingerprint density at radius 3 is 2.63 bits per heavy atom. The van der Waals surface area contributed by atoms with Crippen LogP contribution in [0.5, 0.6) is 0 Å². The van der Waals surface area contributed by atoms with E-state index < -0.39 is 0 Å². The minimum absolute atomic E-state index is 0.351. The van der Waals surface area contributed by atoms with E-state index in [-0.39, 0.29) is 5.91 Å². The van der Waals surface area contributed by atoms with Crippen molar-refractivity contribution >= 4 is 27.5 Å². The van der Waals surface area contributed by atoms with E-state index in [9.17, 15) is 4.79 Å². The minimum atomic E-state index is -0.351. The van der Waals surface area contributed by atoms with Gasteiger partial charge in [-0.3, -0.25) is 4.79 Å². The van der Waals surface area contributed by atoms with Crippen molar-refractivity contribution in [3.8, 4) is 11.8 Å². The van der Waals surface area contributed by atoms with E-state index in [0.29, 0.717) is 5.69 Å². The van der Waals surface area contributed by atoms with Gasteiger partial charge in [-0.15, -0.1) is 0 Å². The van der Waals surface area contributed by atoms with Gasteiger partial charge in [0, 0.05) is 11.5 Å².